The number of hydrogen-bond donors (Lipinski definition) is 2. The monoisotopic (exact) mass is 230 g/mol. The molecule has 1 aromatic heterocycles. The zero-order valence-corrected chi connectivity index (χ0v) is 10.0. The maximum Gasteiger partial charge on any atom is 0.134 e. The molecular weight excluding hydrogens is 212 g/mol. The van der Waals surface area contributed by atoms with Gasteiger partial charge in [0.25, 0.3) is 0 Å². The lowest BCUT2D eigenvalue weighted by Crippen LogP contribution is -2.26. The van der Waals surface area contributed by atoms with Crippen LogP contribution in [0.5, 0.6) is 0 Å². The first-order chi connectivity index (χ1) is 7.31. The Morgan fingerprint density at radius 1 is 1.47 bits per heavy atom. The fourth-order valence-corrected chi connectivity index (χ4v) is 1.95. The molecule has 2 N–H and O–H groups in total. The first-order valence-corrected chi connectivity index (χ1v) is 5.97. The molecular formula is C9H18N4OS. The van der Waals surface area contributed by atoms with Crippen LogP contribution in [0.1, 0.15) is 19.5 Å². The first-order valence-electron chi connectivity index (χ1n) is 5.20. The Morgan fingerprint density at radius 2 is 2.27 bits per heavy atom. The first kappa shape index (κ1) is 12.4. The molecule has 15 heavy (non-hydrogen) atoms. The average molecular weight is 230 g/mol. The summed E-state index contributed by atoms with van der Waals surface area (Å²) < 4.78 is 3.93. The summed E-state index contributed by atoms with van der Waals surface area (Å²) in [6.07, 6.45) is 0. The summed E-state index contributed by atoms with van der Waals surface area (Å²) in [5.41, 5.74) is 0.970. The largest absolute Gasteiger partial charge is 0.395 e. The molecule has 0 aromatic carbocycles. The molecule has 1 rings (SSSR count). The van der Waals surface area contributed by atoms with Crippen molar-refractivity contribution in [3.05, 3.63) is 5.69 Å². The molecule has 0 radical (unpaired) electrons. The molecule has 0 fully saturated rings. The Morgan fingerprint density at radius 3 is 2.87 bits per heavy atom. The minimum Gasteiger partial charge on any atom is -0.395 e. The smallest absolute Gasteiger partial charge is 0.134 e. The van der Waals surface area contributed by atoms with Gasteiger partial charge in [-0.05, 0) is 13.5 Å². The third-order valence-corrected chi connectivity index (χ3v) is 2.86. The zero-order valence-electron chi connectivity index (χ0n) is 9.23. The number of aromatic nitrogens is 2. The van der Waals surface area contributed by atoms with Crippen molar-refractivity contribution in [1.82, 2.24) is 14.5 Å². The number of rotatable bonds is 7. The molecule has 0 aliphatic rings. The van der Waals surface area contributed by atoms with E-state index in [9.17, 15) is 0 Å². The van der Waals surface area contributed by atoms with Crippen LogP contribution in [-0.2, 0) is 6.54 Å². The Kier molecular flexibility index (Phi) is 5.52. The molecule has 0 atom stereocenters. The maximum atomic E-state index is 8.88. The number of likely N-dealkylation sites (N-methyl/N-ethyl adjacent to an activating group) is 1. The van der Waals surface area contributed by atoms with Crippen LogP contribution in [0.25, 0.3) is 0 Å². The van der Waals surface area contributed by atoms with Gasteiger partial charge in [-0.15, -0.1) is 5.10 Å². The fourth-order valence-electron chi connectivity index (χ4n) is 1.31. The van der Waals surface area contributed by atoms with E-state index in [0.29, 0.717) is 6.54 Å². The molecule has 0 aliphatic heterocycles. The number of aliphatic hydroxyl groups is 1. The number of hydrogen-bond acceptors (Lipinski definition) is 6. The molecule has 0 saturated heterocycles. The number of nitrogens with zero attached hydrogens (tertiary/aromatic N) is 3. The number of nitrogens with one attached hydrogen (secondary N) is 1. The predicted molar refractivity (Wildman–Crippen MR) is 62.1 cm³/mol. The molecule has 0 bridgehead atoms. The SMILES string of the molecule is CCNc1snnc1CN(CC)CCO. The lowest BCUT2D eigenvalue weighted by Gasteiger charge is -2.17. The molecule has 6 heteroatoms. The molecule has 0 saturated carbocycles. The van der Waals surface area contributed by atoms with Gasteiger partial charge in [0.15, 0.2) is 0 Å². The summed E-state index contributed by atoms with van der Waals surface area (Å²) in [5, 5.41) is 17.2. The minimum atomic E-state index is 0.182. The van der Waals surface area contributed by atoms with Gasteiger partial charge in [0.05, 0.1) is 6.61 Å². The van der Waals surface area contributed by atoms with Crippen molar-refractivity contribution in [1.29, 1.82) is 0 Å². The average Bonchev–Trinajstić information content (AvgIpc) is 2.66. The highest BCUT2D eigenvalue weighted by Gasteiger charge is 2.10. The highest BCUT2D eigenvalue weighted by atomic mass is 32.1. The van der Waals surface area contributed by atoms with Crippen LogP contribution in [0.4, 0.5) is 5.00 Å². The summed E-state index contributed by atoms with van der Waals surface area (Å²) >= 11 is 1.38. The topological polar surface area (TPSA) is 61.3 Å². The molecule has 86 valence electrons. The van der Waals surface area contributed by atoms with Gasteiger partial charge >= 0.3 is 0 Å². The minimum absolute atomic E-state index is 0.182. The van der Waals surface area contributed by atoms with E-state index in [1.54, 1.807) is 0 Å². The second-order valence-corrected chi connectivity index (χ2v) is 3.93. The third kappa shape index (κ3) is 3.73. The molecule has 1 aromatic rings. The Balaban J connectivity index is 2.57. The zero-order chi connectivity index (χ0) is 11.1. The highest BCUT2D eigenvalue weighted by Crippen LogP contribution is 2.18. The Bertz CT molecular complexity index is 279. The summed E-state index contributed by atoms with van der Waals surface area (Å²) in [6.45, 7) is 7.52. The molecule has 1 heterocycles. The van der Waals surface area contributed by atoms with E-state index in [1.165, 1.54) is 11.5 Å². The van der Waals surface area contributed by atoms with E-state index in [4.69, 9.17) is 5.11 Å². The van der Waals surface area contributed by atoms with Gasteiger partial charge in [0, 0.05) is 31.2 Å². The van der Waals surface area contributed by atoms with Gasteiger partial charge in [-0.3, -0.25) is 4.90 Å². The van der Waals surface area contributed by atoms with Gasteiger partial charge in [0.1, 0.15) is 10.7 Å². The van der Waals surface area contributed by atoms with Crippen LogP contribution < -0.4 is 5.32 Å². The van der Waals surface area contributed by atoms with Crippen molar-refractivity contribution in [2.75, 3.05) is 31.6 Å². The standard InChI is InChI=1S/C9H18N4OS/c1-3-10-9-8(11-12-15-9)7-13(4-2)5-6-14/h10,14H,3-7H2,1-2H3. The van der Waals surface area contributed by atoms with Crippen LogP contribution in [-0.4, -0.2) is 45.8 Å². The van der Waals surface area contributed by atoms with Crippen LogP contribution >= 0.6 is 11.5 Å². The van der Waals surface area contributed by atoms with Gasteiger partial charge < -0.3 is 10.4 Å². The predicted octanol–water partition coefficient (Wildman–Crippen LogP) is 0.784. The summed E-state index contributed by atoms with van der Waals surface area (Å²) in [6, 6.07) is 0. The van der Waals surface area contributed by atoms with Crippen molar-refractivity contribution >= 4 is 16.5 Å². The molecule has 0 spiro atoms. The normalized spacial score (nSPS) is 10.9. The lowest BCUT2D eigenvalue weighted by molar-refractivity contribution is 0.195. The molecule has 0 unspecified atom stereocenters. The van der Waals surface area contributed by atoms with Crippen LogP contribution in [0.2, 0.25) is 0 Å². The lowest BCUT2D eigenvalue weighted by atomic mass is 10.4. The Hall–Kier alpha value is -0.720. The highest BCUT2D eigenvalue weighted by molar-refractivity contribution is 7.10. The van der Waals surface area contributed by atoms with E-state index in [1.807, 2.05) is 0 Å². The summed E-state index contributed by atoms with van der Waals surface area (Å²) in [4.78, 5) is 2.14. The molecule has 5 nitrogen and oxygen atoms in total. The summed E-state index contributed by atoms with van der Waals surface area (Å²) in [5.74, 6) is 0. The van der Waals surface area contributed by atoms with Crippen LogP contribution in [0.3, 0.4) is 0 Å². The fraction of sp³-hybridized carbons (Fsp3) is 0.778. The van der Waals surface area contributed by atoms with E-state index < -0.39 is 0 Å². The van der Waals surface area contributed by atoms with Crippen LogP contribution in [0, 0.1) is 0 Å². The van der Waals surface area contributed by atoms with E-state index in [0.717, 1.165) is 30.3 Å². The van der Waals surface area contributed by atoms with Crippen molar-refractivity contribution in [3.63, 3.8) is 0 Å². The summed E-state index contributed by atoms with van der Waals surface area (Å²) in [7, 11) is 0. The van der Waals surface area contributed by atoms with Gasteiger partial charge in [-0.2, -0.15) is 0 Å². The molecule has 0 amide bonds. The van der Waals surface area contributed by atoms with E-state index in [2.05, 4.69) is 33.7 Å². The van der Waals surface area contributed by atoms with Gasteiger partial charge in [-0.1, -0.05) is 11.4 Å². The van der Waals surface area contributed by atoms with E-state index in [-0.39, 0.29) is 6.61 Å². The van der Waals surface area contributed by atoms with Crippen molar-refractivity contribution < 1.29 is 5.11 Å². The van der Waals surface area contributed by atoms with Crippen molar-refractivity contribution in [3.8, 4) is 0 Å². The van der Waals surface area contributed by atoms with Crippen LogP contribution in [0.15, 0.2) is 0 Å². The quantitative estimate of drug-likeness (QED) is 0.725. The van der Waals surface area contributed by atoms with Crippen molar-refractivity contribution in [2.45, 2.75) is 20.4 Å². The second kappa shape index (κ2) is 6.71. The third-order valence-electron chi connectivity index (χ3n) is 2.13. The van der Waals surface area contributed by atoms with Crippen molar-refractivity contribution in [2.24, 2.45) is 0 Å². The van der Waals surface area contributed by atoms with E-state index >= 15 is 0 Å². The van der Waals surface area contributed by atoms with Gasteiger partial charge in [-0.25, -0.2) is 0 Å². The maximum absolute atomic E-state index is 8.88. The van der Waals surface area contributed by atoms with Gasteiger partial charge in [0.2, 0.25) is 0 Å². The number of aliphatic hydroxyl groups excluding tert-OH is 1. The molecule has 0 aliphatic carbocycles. The number of anilines is 1. The Labute approximate surface area is 94.3 Å². The second-order valence-electron chi connectivity index (χ2n) is 3.17.